The second-order valence-electron chi connectivity index (χ2n) is 7.68. The zero-order valence-electron chi connectivity index (χ0n) is 15.7. The summed E-state index contributed by atoms with van der Waals surface area (Å²) in [7, 11) is -1.24. The smallest absolute Gasteiger partial charge is 0.361 e. The number of benzene rings is 1. The standard InChI is InChI=1S/C18H24ClF3N2O2Si/c1-27(2,3)9-8-26-12-24-16-11-14(19)13(18(20,21)22)10-15(16)23-17(24)6-4-5-7-25/h7,10-11H,4-6,8-9,12H2,1-3H3. The Morgan fingerprint density at radius 2 is 2.00 bits per heavy atom. The van der Waals surface area contributed by atoms with Crippen LogP contribution in [0, 0.1) is 0 Å². The molecule has 27 heavy (non-hydrogen) atoms. The van der Waals surface area contributed by atoms with E-state index in [0.29, 0.717) is 37.2 Å². The lowest BCUT2D eigenvalue weighted by molar-refractivity contribution is -0.137. The SMILES string of the molecule is C[Si](C)(C)CCOCn1c(CCCC=O)nc2cc(C(F)(F)F)c(Cl)cc21. The first-order valence-electron chi connectivity index (χ1n) is 8.80. The average Bonchev–Trinajstić information content (AvgIpc) is 2.86. The third-order valence-electron chi connectivity index (χ3n) is 4.16. The van der Waals surface area contributed by atoms with Gasteiger partial charge in [-0.15, -0.1) is 0 Å². The summed E-state index contributed by atoms with van der Waals surface area (Å²) in [4.78, 5) is 14.9. The monoisotopic (exact) mass is 420 g/mol. The fraction of sp³-hybridized carbons (Fsp3) is 0.556. The maximum absolute atomic E-state index is 13.1. The molecule has 150 valence electrons. The van der Waals surface area contributed by atoms with E-state index in [2.05, 4.69) is 24.6 Å². The molecule has 0 N–H and O–H groups in total. The molecule has 1 heterocycles. The molecule has 4 nitrogen and oxygen atoms in total. The lowest BCUT2D eigenvalue weighted by atomic mass is 10.2. The summed E-state index contributed by atoms with van der Waals surface area (Å²) < 4.78 is 46.9. The molecule has 0 amide bonds. The van der Waals surface area contributed by atoms with Gasteiger partial charge in [-0.05, 0) is 24.6 Å². The summed E-state index contributed by atoms with van der Waals surface area (Å²) in [5.74, 6) is 0.593. The number of carbonyl (C=O) groups excluding carboxylic acids is 1. The zero-order chi connectivity index (χ0) is 20.2. The number of carbonyl (C=O) groups is 1. The Morgan fingerprint density at radius 3 is 2.59 bits per heavy atom. The van der Waals surface area contributed by atoms with Crippen molar-refractivity contribution in [1.29, 1.82) is 0 Å². The molecule has 1 aromatic heterocycles. The van der Waals surface area contributed by atoms with Gasteiger partial charge in [-0.2, -0.15) is 13.2 Å². The number of rotatable bonds is 9. The Morgan fingerprint density at radius 1 is 1.30 bits per heavy atom. The van der Waals surface area contributed by atoms with E-state index in [1.807, 2.05) is 0 Å². The molecule has 0 bridgehead atoms. The zero-order valence-corrected chi connectivity index (χ0v) is 17.5. The van der Waals surface area contributed by atoms with Gasteiger partial charge in [0, 0.05) is 27.5 Å². The van der Waals surface area contributed by atoms with E-state index in [0.717, 1.165) is 18.4 Å². The number of aryl methyl sites for hydroxylation is 1. The van der Waals surface area contributed by atoms with Gasteiger partial charge in [-0.25, -0.2) is 4.98 Å². The number of hydrogen-bond donors (Lipinski definition) is 0. The third-order valence-corrected chi connectivity index (χ3v) is 6.18. The van der Waals surface area contributed by atoms with Gasteiger partial charge in [0.15, 0.2) is 0 Å². The predicted octanol–water partition coefficient (Wildman–Crippen LogP) is 5.54. The molecule has 0 saturated carbocycles. The van der Waals surface area contributed by atoms with Crippen molar-refractivity contribution in [3.63, 3.8) is 0 Å². The van der Waals surface area contributed by atoms with E-state index < -0.39 is 19.8 Å². The van der Waals surface area contributed by atoms with E-state index in [9.17, 15) is 18.0 Å². The van der Waals surface area contributed by atoms with Crippen molar-refractivity contribution >= 4 is 37.0 Å². The number of aromatic nitrogens is 2. The summed E-state index contributed by atoms with van der Waals surface area (Å²) in [5, 5.41) is -0.363. The van der Waals surface area contributed by atoms with Crippen molar-refractivity contribution < 1.29 is 22.7 Å². The van der Waals surface area contributed by atoms with Crippen LogP contribution in [0.3, 0.4) is 0 Å². The summed E-state index contributed by atoms with van der Waals surface area (Å²) in [6.45, 7) is 7.50. The van der Waals surface area contributed by atoms with Gasteiger partial charge >= 0.3 is 6.18 Å². The quantitative estimate of drug-likeness (QED) is 0.304. The topological polar surface area (TPSA) is 44.1 Å². The van der Waals surface area contributed by atoms with Crippen molar-refractivity contribution in [2.24, 2.45) is 0 Å². The molecule has 2 aromatic rings. The average molecular weight is 421 g/mol. The van der Waals surface area contributed by atoms with Gasteiger partial charge in [0.2, 0.25) is 0 Å². The molecule has 1 aromatic carbocycles. The second kappa shape index (κ2) is 8.75. The van der Waals surface area contributed by atoms with Crippen LogP contribution in [-0.2, 0) is 28.9 Å². The minimum Gasteiger partial charge on any atom is -0.361 e. The molecule has 2 rings (SSSR count). The van der Waals surface area contributed by atoms with Gasteiger partial charge in [-0.3, -0.25) is 0 Å². The molecule has 0 saturated heterocycles. The molecule has 9 heteroatoms. The van der Waals surface area contributed by atoms with Crippen molar-refractivity contribution in [2.45, 2.75) is 57.9 Å². The molecule has 0 aliphatic carbocycles. The Balaban J connectivity index is 2.33. The number of aldehydes is 1. The molecule has 0 atom stereocenters. The highest BCUT2D eigenvalue weighted by Gasteiger charge is 2.34. The first-order valence-corrected chi connectivity index (χ1v) is 12.9. The van der Waals surface area contributed by atoms with E-state index in [1.165, 1.54) is 6.07 Å². The van der Waals surface area contributed by atoms with Crippen LogP contribution in [0.2, 0.25) is 30.7 Å². The number of nitrogens with zero attached hydrogens (tertiary/aromatic N) is 2. The molecule has 0 aliphatic heterocycles. The maximum atomic E-state index is 13.1. The Bertz CT molecular complexity index is 800. The first-order chi connectivity index (χ1) is 12.5. The van der Waals surface area contributed by atoms with Crippen molar-refractivity contribution in [2.75, 3.05) is 6.61 Å². The van der Waals surface area contributed by atoms with E-state index in [4.69, 9.17) is 16.3 Å². The first kappa shape index (κ1) is 21.9. The Hall–Kier alpha value is -1.38. The van der Waals surface area contributed by atoms with Crippen LogP contribution in [-0.4, -0.2) is 30.5 Å². The highest BCUT2D eigenvalue weighted by molar-refractivity contribution is 6.76. The van der Waals surface area contributed by atoms with Crippen molar-refractivity contribution in [3.05, 3.63) is 28.5 Å². The Kier molecular flexibility index (Phi) is 7.10. The third kappa shape index (κ3) is 6.05. The van der Waals surface area contributed by atoms with Crippen LogP contribution >= 0.6 is 11.6 Å². The van der Waals surface area contributed by atoms with E-state index in [-0.39, 0.29) is 17.3 Å². The van der Waals surface area contributed by atoms with Crippen LogP contribution in [0.25, 0.3) is 11.0 Å². The molecule has 0 aliphatic rings. The van der Waals surface area contributed by atoms with Gasteiger partial charge in [0.05, 0.1) is 21.6 Å². The predicted molar refractivity (Wildman–Crippen MR) is 103 cm³/mol. The van der Waals surface area contributed by atoms with Crippen LogP contribution in [0.5, 0.6) is 0 Å². The molecule has 0 unspecified atom stereocenters. The number of alkyl halides is 3. The van der Waals surface area contributed by atoms with Crippen LogP contribution in [0.1, 0.15) is 24.2 Å². The summed E-state index contributed by atoms with van der Waals surface area (Å²) >= 11 is 5.87. The lowest BCUT2D eigenvalue weighted by Crippen LogP contribution is -2.22. The fourth-order valence-corrected chi connectivity index (χ4v) is 3.65. The minimum absolute atomic E-state index is 0.194. The fourth-order valence-electron chi connectivity index (χ4n) is 2.63. The number of halogens is 4. The lowest BCUT2D eigenvalue weighted by Gasteiger charge is -2.16. The van der Waals surface area contributed by atoms with Gasteiger partial charge in [0.1, 0.15) is 18.8 Å². The Labute approximate surface area is 162 Å². The number of unbranched alkanes of at least 4 members (excludes halogenated alkanes) is 1. The van der Waals surface area contributed by atoms with Crippen LogP contribution in [0.15, 0.2) is 12.1 Å². The highest BCUT2D eigenvalue weighted by Crippen LogP contribution is 2.37. The number of imidazole rings is 1. The van der Waals surface area contributed by atoms with Crippen molar-refractivity contribution in [1.82, 2.24) is 9.55 Å². The van der Waals surface area contributed by atoms with E-state index in [1.54, 1.807) is 4.57 Å². The number of ether oxygens (including phenoxy) is 1. The highest BCUT2D eigenvalue weighted by atomic mass is 35.5. The molecule has 0 radical (unpaired) electrons. The largest absolute Gasteiger partial charge is 0.417 e. The van der Waals surface area contributed by atoms with E-state index >= 15 is 0 Å². The molecular formula is C18H24ClF3N2O2Si. The normalized spacial score (nSPS) is 12.7. The van der Waals surface area contributed by atoms with Gasteiger partial charge in [0.25, 0.3) is 0 Å². The summed E-state index contributed by atoms with van der Waals surface area (Å²) in [6.07, 6.45) is -2.31. The molecular weight excluding hydrogens is 397 g/mol. The van der Waals surface area contributed by atoms with Gasteiger partial charge < -0.3 is 14.1 Å². The molecule has 0 spiro atoms. The minimum atomic E-state index is -4.54. The summed E-state index contributed by atoms with van der Waals surface area (Å²) in [5.41, 5.74) is -0.177. The van der Waals surface area contributed by atoms with Gasteiger partial charge in [-0.1, -0.05) is 31.2 Å². The van der Waals surface area contributed by atoms with Crippen LogP contribution < -0.4 is 0 Å². The van der Waals surface area contributed by atoms with Crippen molar-refractivity contribution in [3.8, 4) is 0 Å². The second-order valence-corrected chi connectivity index (χ2v) is 13.7. The number of hydrogen-bond acceptors (Lipinski definition) is 3. The molecule has 0 fully saturated rings. The summed E-state index contributed by atoms with van der Waals surface area (Å²) in [6, 6.07) is 3.25. The van der Waals surface area contributed by atoms with Crippen LogP contribution in [0.4, 0.5) is 13.2 Å². The maximum Gasteiger partial charge on any atom is 0.417 e. The number of fused-ring (bicyclic) bond motifs is 1.